The van der Waals surface area contributed by atoms with Gasteiger partial charge in [-0.3, -0.25) is 4.79 Å². The topological polar surface area (TPSA) is 42.0 Å². The van der Waals surface area contributed by atoms with Gasteiger partial charge in [0.2, 0.25) is 0 Å². The minimum Gasteiger partial charge on any atom is -0.345 e. The van der Waals surface area contributed by atoms with Gasteiger partial charge in [-0.25, -0.2) is 9.37 Å². The summed E-state index contributed by atoms with van der Waals surface area (Å²) in [6.45, 7) is 3.76. The predicted octanol–water partition coefficient (Wildman–Crippen LogP) is 2.12. The number of nitrogens with zero attached hydrogens (tertiary/aromatic N) is 1. The molecule has 1 rings (SSSR count). The van der Waals surface area contributed by atoms with Crippen molar-refractivity contribution in [3.63, 3.8) is 0 Å². The number of rotatable bonds is 3. The summed E-state index contributed by atoms with van der Waals surface area (Å²) in [4.78, 5) is 15.3. The van der Waals surface area contributed by atoms with Gasteiger partial charge in [0.25, 0.3) is 5.91 Å². The first-order valence-electron chi connectivity index (χ1n) is 4.45. The number of nitrogens with one attached hydrogen (secondary N) is 1. The first-order chi connectivity index (χ1) is 6.94. The molecule has 0 saturated heterocycles. The molecule has 0 fully saturated rings. The predicted molar refractivity (Wildman–Crippen MR) is 59.5 cm³/mol. The van der Waals surface area contributed by atoms with Crippen molar-refractivity contribution in [1.82, 2.24) is 10.3 Å². The van der Waals surface area contributed by atoms with Gasteiger partial charge in [0, 0.05) is 10.9 Å². The molecule has 1 aromatic rings. The summed E-state index contributed by atoms with van der Waals surface area (Å²) in [7, 11) is 0. The van der Waals surface area contributed by atoms with Gasteiger partial charge < -0.3 is 5.32 Å². The first kappa shape index (κ1) is 12.1. The Labute approximate surface area is 96.2 Å². The van der Waals surface area contributed by atoms with E-state index in [2.05, 4.69) is 26.2 Å². The van der Waals surface area contributed by atoms with Gasteiger partial charge in [0.15, 0.2) is 0 Å². The SMILES string of the molecule is CC(C)(CBr)NC(=O)c1ccc(F)cn1. The number of aromatic nitrogens is 1. The Morgan fingerprint density at radius 1 is 1.60 bits per heavy atom. The third-order valence-corrected chi connectivity index (χ3v) is 3.15. The van der Waals surface area contributed by atoms with Crippen molar-refractivity contribution >= 4 is 21.8 Å². The fraction of sp³-hybridized carbons (Fsp3) is 0.400. The average Bonchev–Trinajstić information content (AvgIpc) is 2.18. The molecule has 0 spiro atoms. The standard InChI is InChI=1S/C10H12BrFN2O/c1-10(2,6-11)14-9(15)8-4-3-7(12)5-13-8/h3-5H,6H2,1-2H3,(H,14,15). The van der Waals surface area contributed by atoms with E-state index in [1.54, 1.807) is 0 Å². The average molecular weight is 275 g/mol. The van der Waals surface area contributed by atoms with Crippen molar-refractivity contribution in [2.24, 2.45) is 0 Å². The number of halogens is 2. The van der Waals surface area contributed by atoms with Crippen molar-refractivity contribution in [2.45, 2.75) is 19.4 Å². The highest BCUT2D eigenvalue weighted by atomic mass is 79.9. The van der Waals surface area contributed by atoms with Crippen LogP contribution in [0, 0.1) is 5.82 Å². The lowest BCUT2D eigenvalue weighted by Crippen LogP contribution is -2.45. The smallest absolute Gasteiger partial charge is 0.270 e. The normalized spacial score (nSPS) is 11.2. The fourth-order valence-corrected chi connectivity index (χ4v) is 1.06. The van der Waals surface area contributed by atoms with Crippen molar-refractivity contribution < 1.29 is 9.18 Å². The molecule has 5 heteroatoms. The van der Waals surface area contributed by atoms with Crippen LogP contribution in [0.15, 0.2) is 18.3 Å². The van der Waals surface area contributed by atoms with Gasteiger partial charge in [0.05, 0.1) is 6.20 Å². The van der Waals surface area contributed by atoms with E-state index in [0.29, 0.717) is 5.33 Å². The Kier molecular flexibility index (Phi) is 3.79. The number of amides is 1. The highest BCUT2D eigenvalue weighted by Gasteiger charge is 2.20. The summed E-state index contributed by atoms with van der Waals surface area (Å²) in [5.41, 5.74) is -0.141. The second-order valence-corrected chi connectivity index (χ2v) is 4.39. The van der Waals surface area contributed by atoms with Crippen molar-refractivity contribution in [2.75, 3.05) is 5.33 Å². The number of carbonyl (C=O) groups excluding carboxylic acids is 1. The van der Waals surface area contributed by atoms with Crippen molar-refractivity contribution in [3.05, 3.63) is 29.8 Å². The fourth-order valence-electron chi connectivity index (χ4n) is 0.915. The maximum atomic E-state index is 12.6. The van der Waals surface area contributed by atoms with E-state index < -0.39 is 5.82 Å². The van der Waals surface area contributed by atoms with Gasteiger partial charge in [-0.15, -0.1) is 0 Å². The van der Waals surface area contributed by atoms with Gasteiger partial charge in [-0.2, -0.15) is 0 Å². The Balaban J connectivity index is 2.74. The zero-order valence-corrected chi connectivity index (χ0v) is 10.1. The van der Waals surface area contributed by atoms with E-state index in [1.807, 2.05) is 13.8 Å². The van der Waals surface area contributed by atoms with Gasteiger partial charge in [0.1, 0.15) is 11.5 Å². The molecule has 0 aliphatic rings. The molecule has 1 aromatic heterocycles. The third-order valence-electron chi connectivity index (χ3n) is 1.75. The molecular formula is C10H12BrFN2O. The minimum atomic E-state index is -0.452. The van der Waals surface area contributed by atoms with E-state index in [4.69, 9.17) is 0 Å². The van der Waals surface area contributed by atoms with Crippen LogP contribution in [-0.2, 0) is 0 Å². The van der Waals surface area contributed by atoms with E-state index in [1.165, 1.54) is 12.1 Å². The Morgan fingerprint density at radius 3 is 2.73 bits per heavy atom. The zero-order chi connectivity index (χ0) is 11.5. The summed E-state index contributed by atoms with van der Waals surface area (Å²) in [5, 5.41) is 3.40. The van der Waals surface area contributed by atoms with Gasteiger partial charge in [-0.1, -0.05) is 15.9 Å². The molecule has 0 aromatic carbocycles. The second kappa shape index (κ2) is 4.70. The summed E-state index contributed by atoms with van der Waals surface area (Å²) in [6.07, 6.45) is 1.02. The number of pyridine rings is 1. The monoisotopic (exact) mass is 274 g/mol. The molecule has 1 N–H and O–H groups in total. The molecule has 0 atom stereocenters. The van der Waals surface area contributed by atoms with E-state index in [9.17, 15) is 9.18 Å². The van der Waals surface area contributed by atoms with E-state index >= 15 is 0 Å². The second-order valence-electron chi connectivity index (χ2n) is 3.83. The molecule has 82 valence electrons. The van der Waals surface area contributed by atoms with Crippen LogP contribution in [0.4, 0.5) is 4.39 Å². The summed E-state index contributed by atoms with van der Waals surface area (Å²) >= 11 is 3.29. The molecule has 3 nitrogen and oxygen atoms in total. The van der Waals surface area contributed by atoms with Crippen LogP contribution in [0.3, 0.4) is 0 Å². The maximum Gasteiger partial charge on any atom is 0.270 e. The molecule has 0 aliphatic carbocycles. The molecule has 1 amide bonds. The molecule has 0 bridgehead atoms. The Morgan fingerprint density at radius 2 is 2.27 bits per heavy atom. The molecular weight excluding hydrogens is 263 g/mol. The van der Waals surface area contributed by atoms with Gasteiger partial charge >= 0.3 is 0 Å². The number of hydrogen-bond donors (Lipinski definition) is 1. The van der Waals surface area contributed by atoms with Crippen LogP contribution in [0.2, 0.25) is 0 Å². The van der Waals surface area contributed by atoms with Crippen molar-refractivity contribution in [3.8, 4) is 0 Å². The number of carbonyl (C=O) groups is 1. The van der Waals surface area contributed by atoms with Crippen LogP contribution in [-0.4, -0.2) is 21.8 Å². The summed E-state index contributed by atoms with van der Waals surface area (Å²) < 4.78 is 12.6. The Hall–Kier alpha value is -0.970. The largest absolute Gasteiger partial charge is 0.345 e. The quantitative estimate of drug-likeness (QED) is 0.858. The molecule has 0 radical (unpaired) electrons. The molecule has 0 saturated carbocycles. The zero-order valence-electron chi connectivity index (χ0n) is 8.55. The van der Waals surface area contributed by atoms with Crippen molar-refractivity contribution in [1.29, 1.82) is 0 Å². The molecule has 1 heterocycles. The molecule has 0 unspecified atom stereocenters. The minimum absolute atomic E-state index is 0.213. The van der Waals surface area contributed by atoms with Gasteiger partial charge in [-0.05, 0) is 26.0 Å². The maximum absolute atomic E-state index is 12.6. The van der Waals surface area contributed by atoms with Crippen LogP contribution < -0.4 is 5.32 Å². The summed E-state index contributed by atoms with van der Waals surface area (Å²) in [5.74, 6) is -0.759. The third kappa shape index (κ3) is 3.58. The highest BCUT2D eigenvalue weighted by Crippen LogP contribution is 2.07. The van der Waals surface area contributed by atoms with Crippen LogP contribution >= 0.6 is 15.9 Å². The lowest BCUT2D eigenvalue weighted by molar-refractivity contribution is 0.0916. The molecule has 0 aliphatic heterocycles. The summed E-state index contributed by atoms with van der Waals surface area (Å²) in [6, 6.07) is 2.57. The van der Waals surface area contributed by atoms with Crippen LogP contribution in [0.1, 0.15) is 24.3 Å². The van der Waals surface area contributed by atoms with Crippen LogP contribution in [0.25, 0.3) is 0 Å². The molecule has 15 heavy (non-hydrogen) atoms. The Bertz CT molecular complexity index is 351. The first-order valence-corrected chi connectivity index (χ1v) is 5.57. The lowest BCUT2D eigenvalue weighted by atomic mass is 10.1. The highest BCUT2D eigenvalue weighted by molar-refractivity contribution is 9.09. The number of alkyl halides is 1. The number of hydrogen-bond acceptors (Lipinski definition) is 2. The lowest BCUT2D eigenvalue weighted by Gasteiger charge is -2.23. The van der Waals surface area contributed by atoms with Crippen LogP contribution in [0.5, 0.6) is 0 Å². The van der Waals surface area contributed by atoms with E-state index in [-0.39, 0.29) is 17.1 Å². The van der Waals surface area contributed by atoms with E-state index in [0.717, 1.165) is 6.20 Å².